The highest BCUT2D eigenvalue weighted by Gasteiger charge is 2.14. The zero-order chi connectivity index (χ0) is 13.5. The SMILES string of the molecule is CCC(CCO)CNCc1cc(C)c(C(=O)O)o1. The number of aromatic carboxylic acids is 1. The van der Waals surface area contributed by atoms with Crippen molar-refractivity contribution in [1.29, 1.82) is 0 Å². The molecule has 0 amide bonds. The molecule has 1 aromatic heterocycles. The Labute approximate surface area is 107 Å². The predicted molar refractivity (Wildman–Crippen MR) is 67.6 cm³/mol. The number of nitrogens with one attached hydrogen (secondary N) is 1. The van der Waals surface area contributed by atoms with E-state index in [2.05, 4.69) is 12.2 Å². The first-order valence-electron chi connectivity index (χ1n) is 6.22. The lowest BCUT2D eigenvalue weighted by molar-refractivity contribution is 0.0659. The van der Waals surface area contributed by atoms with E-state index in [1.165, 1.54) is 0 Å². The number of hydrogen-bond acceptors (Lipinski definition) is 4. The topological polar surface area (TPSA) is 82.7 Å². The molecule has 0 aliphatic rings. The Bertz CT molecular complexity index is 386. The van der Waals surface area contributed by atoms with Gasteiger partial charge in [0, 0.05) is 12.2 Å². The number of rotatable bonds is 8. The number of aliphatic hydroxyl groups is 1. The molecule has 1 atom stereocenters. The molecule has 18 heavy (non-hydrogen) atoms. The molecule has 3 N–H and O–H groups in total. The Morgan fingerprint density at radius 3 is 2.78 bits per heavy atom. The van der Waals surface area contributed by atoms with Crippen LogP contribution >= 0.6 is 0 Å². The highest BCUT2D eigenvalue weighted by molar-refractivity contribution is 5.86. The molecule has 102 valence electrons. The van der Waals surface area contributed by atoms with Gasteiger partial charge in [0.1, 0.15) is 5.76 Å². The number of furan rings is 1. The van der Waals surface area contributed by atoms with Crippen LogP contribution in [-0.2, 0) is 6.54 Å². The maximum Gasteiger partial charge on any atom is 0.372 e. The summed E-state index contributed by atoms with van der Waals surface area (Å²) in [4.78, 5) is 10.8. The molecule has 1 unspecified atom stereocenters. The first-order valence-corrected chi connectivity index (χ1v) is 6.22. The predicted octanol–water partition coefficient (Wildman–Crippen LogP) is 1.78. The minimum atomic E-state index is -1.04. The first kappa shape index (κ1) is 14.7. The van der Waals surface area contributed by atoms with Crippen LogP contribution in [0.3, 0.4) is 0 Å². The molecule has 0 spiro atoms. The minimum absolute atomic E-state index is 0.00852. The number of carboxylic acids is 1. The van der Waals surface area contributed by atoms with E-state index in [0.29, 0.717) is 23.8 Å². The second kappa shape index (κ2) is 7.18. The van der Waals surface area contributed by atoms with Gasteiger partial charge in [-0.15, -0.1) is 0 Å². The van der Waals surface area contributed by atoms with E-state index in [1.807, 2.05) is 0 Å². The van der Waals surface area contributed by atoms with Gasteiger partial charge in [0.2, 0.25) is 5.76 Å². The van der Waals surface area contributed by atoms with E-state index in [4.69, 9.17) is 14.6 Å². The average molecular weight is 255 g/mol. The summed E-state index contributed by atoms with van der Waals surface area (Å²) in [5.41, 5.74) is 0.640. The van der Waals surface area contributed by atoms with Crippen molar-refractivity contribution < 1.29 is 19.4 Å². The molecule has 1 aromatic rings. The summed E-state index contributed by atoms with van der Waals surface area (Å²) in [6.07, 6.45) is 1.78. The number of aryl methyl sites for hydroxylation is 1. The van der Waals surface area contributed by atoms with Gasteiger partial charge in [-0.1, -0.05) is 13.3 Å². The van der Waals surface area contributed by atoms with Gasteiger partial charge >= 0.3 is 5.97 Å². The van der Waals surface area contributed by atoms with E-state index in [1.54, 1.807) is 13.0 Å². The lowest BCUT2D eigenvalue weighted by atomic mass is 10.0. The molecule has 0 radical (unpaired) electrons. The fourth-order valence-corrected chi connectivity index (χ4v) is 1.88. The summed E-state index contributed by atoms with van der Waals surface area (Å²) >= 11 is 0. The van der Waals surface area contributed by atoms with Crippen LogP contribution < -0.4 is 5.32 Å². The van der Waals surface area contributed by atoms with Crippen LogP contribution in [0.4, 0.5) is 0 Å². The Hall–Kier alpha value is -1.33. The third-order valence-corrected chi connectivity index (χ3v) is 3.01. The molecule has 1 heterocycles. The van der Waals surface area contributed by atoms with Gasteiger partial charge in [0.15, 0.2) is 0 Å². The van der Waals surface area contributed by atoms with Crippen molar-refractivity contribution in [3.05, 3.63) is 23.2 Å². The van der Waals surface area contributed by atoms with Crippen LogP contribution in [0.2, 0.25) is 0 Å². The average Bonchev–Trinajstić information content (AvgIpc) is 2.69. The first-order chi connectivity index (χ1) is 8.58. The molecular weight excluding hydrogens is 234 g/mol. The molecular formula is C13H21NO4. The lowest BCUT2D eigenvalue weighted by Crippen LogP contribution is -2.22. The fourth-order valence-electron chi connectivity index (χ4n) is 1.88. The molecule has 5 heteroatoms. The van der Waals surface area contributed by atoms with Crippen LogP contribution in [0.5, 0.6) is 0 Å². The van der Waals surface area contributed by atoms with Crippen LogP contribution in [-0.4, -0.2) is 29.3 Å². The molecule has 1 rings (SSSR count). The van der Waals surface area contributed by atoms with Crippen LogP contribution in [0.25, 0.3) is 0 Å². The summed E-state index contributed by atoms with van der Waals surface area (Å²) < 4.78 is 5.24. The van der Waals surface area contributed by atoms with Crippen molar-refractivity contribution >= 4 is 5.97 Å². The Kier molecular flexibility index (Phi) is 5.88. The van der Waals surface area contributed by atoms with Crippen LogP contribution in [0.1, 0.15) is 41.6 Å². The van der Waals surface area contributed by atoms with Crippen molar-refractivity contribution in [3.8, 4) is 0 Å². The van der Waals surface area contributed by atoms with Gasteiger partial charge in [0.05, 0.1) is 6.54 Å². The van der Waals surface area contributed by atoms with Crippen LogP contribution in [0, 0.1) is 12.8 Å². The normalized spacial score (nSPS) is 12.6. The van der Waals surface area contributed by atoms with Crippen LogP contribution in [0.15, 0.2) is 10.5 Å². The van der Waals surface area contributed by atoms with Gasteiger partial charge in [0.25, 0.3) is 0 Å². The maximum atomic E-state index is 10.8. The number of aliphatic hydroxyl groups excluding tert-OH is 1. The molecule has 0 aromatic carbocycles. The minimum Gasteiger partial charge on any atom is -0.475 e. The highest BCUT2D eigenvalue weighted by atomic mass is 16.4. The second-order valence-electron chi connectivity index (χ2n) is 4.45. The Morgan fingerprint density at radius 2 is 2.28 bits per heavy atom. The zero-order valence-electron chi connectivity index (χ0n) is 10.9. The van der Waals surface area contributed by atoms with E-state index in [9.17, 15) is 4.79 Å². The summed E-state index contributed by atoms with van der Waals surface area (Å²) in [7, 11) is 0. The molecule has 0 fully saturated rings. The fraction of sp³-hybridized carbons (Fsp3) is 0.615. The van der Waals surface area contributed by atoms with Crippen molar-refractivity contribution in [3.63, 3.8) is 0 Å². The zero-order valence-corrected chi connectivity index (χ0v) is 10.9. The smallest absolute Gasteiger partial charge is 0.372 e. The molecule has 0 aliphatic carbocycles. The van der Waals surface area contributed by atoms with E-state index < -0.39 is 5.97 Å². The van der Waals surface area contributed by atoms with Crippen molar-refractivity contribution in [2.45, 2.75) is 33.2 Å². The largest absolute Gasteiger partial charge is 0.475 e. The Balaban J connectivity index is 2.44. The summed E-state index contributed by atoms with van der Waals surface area (Å²) in [6.45, 7) is 5.30. The summed E-state index contributed by atoms with van der Waals surface area (Å²) in [5.74, 6) is 0.0356. The molecule has 0 aliphatic heterocycles. The number of carboxylic acid groups (broad SMARTS) is 1. The van der Waals surface area contributed by atoms with Crippen molar-refractivity contribution in [1.82, 2.24) is 5.32 Å². The third-order valence-electron chi connectivity index (χ3n) is 3.01. The lowest BCUT2D eigenvalue weighted by Gasteiger charge is -2.13. The third kappa shape index (κ3) is 4.16. The maximum absolute atomic E-state index is 10.8. The molecule has 0 saturated carbocycles. The van der Waals surface area contributed by atoms with Gasteiger partial charge in [-0.2, -0.15) is 0 Å². The van der Waals surface area contributed by atoms with E-state index in [-0.39, 0.29) is 12.4 Å². The molecule has 0 saturated heterocycles. The molecule has 0 bridgehead atoms. The monoisotopic (exact) mass is 255 g/mol. The number of hydrogen-bond donors (Lipinski definition) is 3. The van der Waals surface area contributed by atoms with Gasteiger partial charge in [-0.05, 0) is 31.9 Å². The van der Waals surface area contributed by atoms with Gasteiger partial charge in [-0.25, -0.2) is 4.79 Å². The second-order valence-corrected chi connectivity index (χ2v) is 4.45. The van der Waals surface area contributed by atoms with Crippen molar-refractivity contribution in [2.24, 2.45) is 5.92 Å². The van der Waals surface area contributed by atoms with Crippen molar-refractivity contribution in [2.75, 3.05) is 13.2 Å². The standard InChI is InChI=1S/C13H21NO4/c1-3-10(4-5-15)7-14-8-11-6-9(2)12(18-11)13(16)17/h6,10,14-15H,3-5,7-8H2,1-2H3,(H,16,17). The quantitative estimate of drug-likeness (QED) is 0.659. The van der Waals surface area contributed by atoms with E-state index in [0.717, 1.165) is 19.4 Å². The Morgan fingerprint density at radius 1 is 1.56 bits per heavy atom. The highest BCUT2D eigenvalue weighted by Crippen LogP contribution is 2.14. The van der Waals surface area contributed by atoms with E-state index >= 15 is 0 Å². The molecule has 5 nitrogen and oxygen atoms in total. The summed E-state index contributed by atoms with van der Waals surface area (Å²) in [6, 6.07) is 1.74. The number of carbonyl (C=O) groups is 1. The summed E-state index contributed by atoms with van der Waals surface area (Å²) in [5, 5.41) is 21.0. The van der Waals surface area contributed by atoms with Gasteiger partial charge in [-0.3, -0.25) is 0 Å². The van der Waals surface area contributed by atoms with Gasteiger partial charge < -0.3 is 19.9 Å².